The van der Waals surface area contributed by atoms with E-state index in [1.807, 2.05) is 18.1 Å². The molecule has 0 saturated carbocycles. The summed E-state index contributed by atoms with van der Waals surface area (Å²) in [6, 6.07) is 2.21. The second-order valence-electron chi connectivity index (χ2n) is 6.38. The zero-order valence-corrected chi connectivity index (χ0v) is 13.6. The molecule has 0 unspecified atom stereocenters. The van der Waals surface area contributed by atoms with E-state index in [1.165, 1.54) is 6.33 Å². The van der Waals surface area contributed by atoms with E-state index in [2.05, 4.69) is 15.1 Å². The Morgan fingerprint density at radius 2 is 2.00 bits per heavy atom. The maximum absolute atomic E-state index is 13.7. The molecule has 1 N–H and O–H groups in total. The lowest BCUT2D eigenvalue weighted by atomic mass is 9.92. The van der Waals surface area contributed by atoms with E-state index in [-0.39, 0.29) is 18.4 Å². The van der Waals surface area contributed by atoms with Gasteiger partial charge in [0.2, 0.25) is 0 Å². The van der Waals surface area contributed by atoms with Gasteiger partial charge >= 0.3 is 0 Å². The second kappa shape index (κ2) is 6.03. The maximum Gasteiger partial charge on any atom is 0.161 e. The van der Waals surface area contributed by atoms with Gasteiger partial charge < -0.3 is 10.0 Å². The quantitative estimate of drug-likeness (QED) is 0.785. The summed E-state index contributed by atoms with van der Waals surface area (Å²) in [5, 5.41) is 14.4. The molecule has 0 spiro atoms. The van der Waals surface area contributed by atoms with E-state index in [0.29, 0.717) is 29.8 Å². The van der Waals surface area contributed by atoms with E-state index in [9.17, 15) is 13.9 Å². The molecule has 1 fully saturated rings. The van der Waals surface area contributed by atoms with Crippen LogP contribution >= 0.6 is 0 Å². The summed E-state index contributed by atoms with van der Waals surface area (Å²) in [4.78, 5) is 10.3. The van der Waals surface area contributed by atoms with Crippen molar-refractivity contribution < 1.29 is 13.9 Å². The van der Waals surface area contributed by atoms with Crippen molar-refractivity contribution in [1.29, 1.82) is 0 Å². The van der Waals surface area contributed by atoms with Crippen molar-refractivity contribution in [2.45, 2.75) is 5.92 Å². The molecule has 4 rings (SSSR count). The normalized spacial score (nSPS) is 20.6. The van der Waals surface area contributed by atoms with Gasteiger partial charge in [-0.15, -0.1) is 0 Å². The molecule has 1 aliphatic heterocycles. The monoisotopic (exact) mass is 345 g/mol. The van der Waals surface area contributed by atoms with Crippen LogP contribution in [0, 0.1) is 17.6 Å². The number of rotatable bonds is 3. The number of aryl methyl sites for hydroxylation is 1. The molecule has 0 radical (unpaired) electrons. The molecule has 6 nitrogen and oxygen atoms in total. The lowest BCUT2D eigenvalue weighted by Crippen LogP contribution is -2.22. The topological polar surface area (TPSA) is 67.1 Å². The number of aliphatic hydroxyl groups excluding tert-OH is 1. The third-order valence-corrected chi connectivity index (χ3v) is 4.78. The highest BCUT2D eigenvalue weighted by Crippen LogP contribution is 2.36. The zero-order chi connectivity index (χ0) is 17.6. The van der Waals surface area contributed by atoms with Crippen LogP contribution in [-0.2, 0) is 7.05 Å². The van der Waals surface area contributed by atoms with Crippen LogP contribution in [0.2, 0.25) is 0 Å². The average molecular weight is 345 g/mol. The van der Waals surface area contributed by atoms with Crippen LogP contribution in [-0.4, -0.2) is 44.6 Å². The Hall–Kier alpha value is -2.61. The number of nitrogens with zero attached hydrogens (tertiary/aromatic N) is 5. The van der Waals surface area contributed by atoms with Crippen molar-refractivity contribution in [3.8, 4) is 0 Å². The molecule has 25 heavy (non-hydrogen) atoms. The SMILES string of the molecule is Cn1cc([C@@H]2CN(c3ncnc4cc(F)c(F)cc34)C[C@H]2CO)cn1. The van der Waals surface area contributed by atoms with Crippen molar-refractivity contribution >= 4 is 16.7 Å². The first-order valence-electron chi connectivity index (χ1n) is 8.01. The van der Waals surface area contributed by atoms with Gasteiger partial charge in [0.1, 0.15) is 12.1 Å². The van der Waals surface area contributed by atoms with Crippen LogP contribution in [0.3, 0.4) is 0 Å². The summed E-state index contributed by atoms with van der Waals surface area (Å²) >= 11 is 0. The van der Waals surface area contributed by atoms with Gasteiger partial charge in [-0.05, 0) is 11.6 Å². The van der Waals surface area contributed by atoms with Crippen molar-refractivity contribution in [3.63, 3.8) is 0 Å². The first kappa shape index (κ1) is 15.9. The number of hydrogen-bond donors (Lipinski definition) is 1. The van der Waals surface area contributed by atoms with Crippen LogP contribution in [0.25, 0.3) is 10.9 Å². The number of aliphatic hydroxyl groups is 1. The van der Waals surface area contributed by atoms with Gasteiger partial charge in [-0.3, -0.25) is 4.68 Å². The van der Waals surface area contributed by atoms with Crippen molar-refractivity contribution in [3.05, 3.63) is 48.1 Å². The number of fused-ring (bicyclic) bond motifs is 1. The summed E-state index contributed by atoms with van der Waals surface area (Å²) in [5.41, 5.74) is 1.40. The van der Waals surface area contributed by atoms with Gasteiger partial charge in [0.15, 0.2) is 11.6 Å². The van der Waals surface area contributed by atoms with Gasteiger partial charge in [0.05, 0.1) is 11.7 Å². The number of benzene rings is 1. The Morgan fingerprint density at radius 1 is 1.20 bits per heavy atom. The molecule has 1 aromatic carbocycles. The minimum Gasteiger partial charge on any atom is -0.396 e. The fourth-order valence-corrected chi connectivity index (χ4v) is 3.53. The number of anilines is 1. The molecule has 3 heterocycles. The van der Waals surface area contributed by atoms with E-state index < -0.39 is 11.6 Å². The van der Waals surface area contributed by atoms with E-state index in [1.54, 1.807) is 10.9 Å². The molecule has 2 atom stereocenters. The second-order valence-corrected chi connectivity index (χ2v) is 6.38. The minimum absolute atomic E-state index is 0.0134. The lowest BCUT2D eigenvalue weighted by molar-refractivity contribution is 0.227. The molecule has 130 valence electrons. The Morgan fingerprint density at radius 3 is 2.72 bits per heavy atom. The number of aromatic nitrogens is 4. The molecule has 1 aliphatic rings. The van der Waals surface area contributed by atoms with Crippen LogP contribution in [0.15, 0.2) is 30.9 Å². The predicted molar refractivity (Wildman–Crippen MR) is 88.2 cm³/mol. The highest BCUT2D eigenvalue weighted by molar-refractivity contribution is 5.89. The lowest BCUT2D eigenvalue weighted by Gasteiger charge is -2.19. The number of hydrogen-bond acceptors (Lipinski definition) is 5. The maximum atomic E-state index is 13.7. The average Bonchev–Trinajstić information content (AvgIpc) is 3.21. The van der Waals surface area contributed by atoms with E-state index in [0.717, 1.165) is 17.7 Å². The number of halogens is 2. The molecule has 0 aliphatic carbocycles. The van der Waals surface area contributed by atoms with Crippen molar-refractivity contribution in [2.75, 3.05) is 24.6 Å². The molecular formula is C17H17F2N5O. The Balaban J connectivity index is 1.73. The summed E-state index contributed by atoms with van der Waals surface area (Å²) in [6.45, 7) is 1.21. The van der Waals surface area contributed by atoms with E-state index in [4.69, 9.17) is 0 Å². The Labute approximate surface area is 142 Å². The third-order valence-electron chi connectivity index (χ3n) is 4.78. The first-order valence-corrected chi connectivity index (χ1v) is 8.01. The van der Waals surface area contributed by atoms with Gasteiger partial charge in [0.25, 0.3) is 0 Å². The standard InChI is InChI=1S/C17H17F2N5O/c1-23-5-10(4-22-23)13-7-24(6-11(13)8-25)17-12-2-14(18)15(19)3-16(12)20-9-21-17/h2-5,9,11,13,25H,6-8H2,1H3/t11-,13-/m0/s1. The Bertz CT molecular complexity index is 929. The van der Waals surface area contributed by atoms with Gasteiger partial charge in [-0.1, -0.05) is 0 Å². The molecule has 0 amide bonds. The van der Waals surface area contributed by atoms with E-state index >= 15 is 0 Å². The summed E-state index contributed by atoms with van der Waals surface area (Å²) in [7, 11) is 1.85. The molecule has 1 saturated heterocycles. The zero-order valence-electron chi connectivity index (χ0n) is 13.6. The fourth-order valence-electron chi connectivity index (χ4n) is 3.53. The highest BCUT2D eigenvalue weighted by atomic mass is 19.2. The first-order chi connectivity index (χ1) is 12.1. The third kappa shape index (κ3) is 2.72. The smallest absolute Gasteiger partial charge is 0.161 e. The fraction of sp³-hybridized carbons (Fsp3) is 0.353. The van der Waals surface area contributed by atoms with Crippen LogP contribution in [0.4, 0.5) is 14.6 Å². The minimum atomic E-state index is -0.931. The summed E-state index contributed by atoms with van der Waals surface area (Å²) in [5.74, 6) is -1.20. The van der Waals surface area contributed by atoms with Crippen LogP contribution in [0.5, 0.6) is 0 Å². The molecule has 2 aromatic heterocycles. The van der Waals surface area contributed by atoms with Crippen LogP contribution < -0.4 is 4.90 Å². The summed E-state index contributed by atoms with van der Waals surface area (Å²) in [6.07, 6.45) is 5.08. The Kier molecular flexibility index (Phi) is 3.84. The van der Waals surface area contributed by atoms with Crippen molar-refractivity contribution in [2.24, 2.45) is 13.0 Å². The highest BCUT2D eigenvalue weighted by Gasteiger charge is 2.35. The molecular weight excluding hydrogens is 328 g/mol. The van der Waals surface area contributed by atoms with Crippen LogP contribution in [0.1, 0.15) is 11.5 Å². The van der Waals surface area contributed by atoms with Gasteiger partial charge in [0, 0.05) is 56.2 Å². The van der Waals surface area contributed by atoms with Crippen molar-refractivity contribution in [1.82, 2.24) is 19.7 Å². The largest absolute Gasteiger partial charge is 0.396 e. The molecule has 8 heteroatoms. The molecule has 3 aromatic rings. The predicted octanol–water partition coefficient (Wildman–Crippen LogP) is 1.85. The molecule has 0 bridgehead atoms. The van der Waals surface area contributed by atoms with Gasteiger partial charge in [-0.25, -0.2) is 18.7 Å². The van der Waals surface area contributed by atoms with Gasteiger partial charge in [-0.2, -0.15) is 5.10 Å². The summed E-state index contributed by atoms with van der Waals surface area (Å²) < 4.78 is 28.9.